The molecule has 3 heterocycles. The minimum Gasteiger partial charge on any atom is -0.450 e. The van der Waals surface area contributed by atoms with Crippen LogP contribution in [0.25, 0.3) is 33.6 Å². The molecule has 0 aliphatic rings. The molecule has 0 unspecified atom stereocenters. The summed E-state index contributed by atoms with van der Waals surface area (Å²) in [6.45, 7) is 2.57. The Morgan fingerprint density at radius 1 is 1.28 bits per heavy atom. The van der Waals surface area contributed by atoms with Crippen LogP contribution >= 0.6 is 0 Å². The lowest BCUT2D eigenvalue weighted by Gasteiger charge is -2.07. The number of rotatable bonds is 6. The van der Waals surface area contributed by atoms with Crippen molar-refractivity contribution < 1.29 is 13.9 Å². The van der Waals surface area contributed by atoms with Crippen molar-refractivity contribution in [2.75, 3.05) is 26.0 Å². The van der Waals surface area contributed by atoms with E-state index in [2.05, 4.69) is 20.3 Å². The molecular weight excluding hydrogens is 412 g/mol. The summed E-state index contributed by atoms with van der Waals surface area (Å²) >= 11 is 0. The second-order valence-corrected chi connectivity index (χ2v) is 7.58. The Hall–Kier alpha value is -3.92. The molecule has 10 heteroatoms. The third-order valence-electron chi connectivity index (χ3n) is 4.78. The molecule has 0 aliphatic heterocycles. The summed E-state index contributed by atoms with van der Waals surface area (Å²) in [6.07, 6.45) is 2.78. The fraction of sp³-hybridized carbons (Fsp3) is 0.273. The van der Waals surface area contributed by atoms with Crippen LogP contribution in [0, 0.1) is 0 Å². The van der Waals surface area contributed by atoms with Gasteiger partial charge in [0.25, 0.3) is 5.56 Å². The zero-order valence-corrected chi connectivity index (χ0v) is 18.3. The lowest BCUT2D eigenvalue weighted by atomic mass is 10.0. The van der Waals surface area contributed by atoms with Gasteiger partial charge in [0.2, 0.25) is 11.8 Å². The molecule has 4 aromatic rings. The Morgan fingerprint density at radius 3 is 2.81 bits per heavy atom. The average molecular weight is 436 g/mol. The smallest absolute Gasteiger partial charge is 0.413 e. The number of aromatic nitrogens is 4. The number of aromatic amines is 1. The van der Waals surface area contributed by atoms with E-state index in [0.717, 1.165) is 11.1 Å². The number of H-pyrrole nitrogens is 1. The van der Waals surface area contributed by atoms with Gasteiger partial charge in [-0.25, -0.2) is 14.8 Å². The molecule has 0 atom stereocenters. The molecule has 0 spiro atoms. The Morgan fingerprint density at radius 2 is 2.09 bits per heavy atom. The van der Waals surface area contributed by atoms with Gasteiger partial charge < -0.3 is 23.6 Å². The largest absolute Gasteiger partial charge is 0.450 e. The highest BCUT2D eigenvalue weighted by molar-refractivity contribution is 5.96. The first kappa shape index (κ1) is 21.3. The monoisotopic (exact) mass is 436 g/mol. The van der Waals surface area contributed by atoms with Crippen molar-refractivity contribution >= 4 is 23.1 Å². The molecule has 2 N–H and O–H groups in total. The van der Waals surface area contributed by atoms with Crippen molar-refractivity contribution in [2.24, 2.45) is 7.05 Å². The van der Waals surface area contributed by atoms with Gasteiger partial charge in [-0.3, -0.25) is 10.1 Å². The number of carbonyl (C=O) groups is 1. The van der Waals surface area contributed by atoms with E-state index in [0.29, 0.717) is 34.8 Å². The number of imidazole rings is 1. The van der Waals surface area contributed by atoms with E-state index >= 15 is 0 Å². The second kappa shape index (κ2) is 8.67. The van der Waals surface area contributed by atoms with Crippen molar-refractivity contribution in [3.63, 3.8) is 0 Å². The molecule has 1 amide bonds. The van der Waals surface area contributed by atoms with E-state index < -0.39 is 6.09 Å². The van der Waals surface area contributed by atoms with Crippen LogP contribution in [-0.2, 0) is 18.3 Å². The van der Waals surface area contributed by atoms with Crippen LogP contribution in [0.1, 0.15) is 12.7 Å². The SMILES string of the molecule is CCOC(=O)Nc1nc2c(-c3ncc(CN(C)C)o3)cc(-c3ccn(C)c(=O)c3)cc2[nH]1. The summed E-state index contributed by atoms with van der Waals surface area (Å²) in [5.41, 5.74) is 3.26. The van der Waals surface area contributed by atoms with Gasteiger partial charge in [0.15, 0.2) is 0 Å². The minimum absolute atomic E-state index is 0.122. The molecular formula is C22H24N6O4. The zero-order valence-electron chi connectivity index (χ0n) is 18.3. The van der Waals surface area contributed by atoms with Crippen LogP contribution in [0.15, 0.2) is 45.9 Å². The number of aryl methyl sites for hydroxylation is 1. The number of hydrogen-bond donors (Lipinski definition) is 2. The molecule has 0 fully saturated rings. The number of anilines is 1. The fourth-order valence-corrected chi connectivity index (χ4v) is 3.32. The van der Waals surface area contributed by atoms with E-state index in [1.807, 2.05) is 37.2 Å². The predicted molar refractivity (Wildman–Crippen MR) is 120 cm³/mol. The van der Waals surface area contributed by atoms with Crippen molar-refractivity contribution in [3.05, 3.63) is 52.8 Å². The summed E-state index contributed by atoms with van der Waals surface area (Å²) in [5, 5.41) is 2.58. The Balaban J connectivity index is 1.85. The number of fused-ring (bicyclic) bond motifs is 1. The van der Waals surface area contributed by atoms with Crippen LogP contribution in [0.4, 0.5) is 10.7 Å². The van der Waals surface area contributed by atoms with Gasteiger partial charge in [-0.2, -0.15) is 0 Å². The van der Waals surface area contributed by atoms with Gasteiger partial charge in [0, 0.05) is 19.3 Å². The van der Waals surface area contributed by atoms with Gasteiger partial charge in [-0.05, 0) is 50.3 Å². The molecule has 10 nitrogen and oxygen atoms in total. The normalized spacial score (nSPS) is 11.3. The minimum atomic E-state index is -0.607. The topological polar surface area (TPSA) is 118 Å². The number of nitrogens with zero attached hydrogens (tertiary/aromatic N) is 4. The number of ether oxygens (including phenoxy) is 1. The number of nitrogens with one attached hydrogen (secondary N) is 2. The third kappa shape index (κ3) is 4.40. The van der Waals surface area contributed by atoms with Gasteiger partial charge in [0.1, 0.15) is 11.3 Å². The van der Waals surface area contributed by atoms with Gasteiger partial charge in [0.05, 0.1) is 30.4 Å². The maximum atomic E-state index is 12.2. The first-order valence-corrected chi connectivity index (χ1v) is 10.1. The molecule has 166 valence electrons. The van der Waals surface area contributed by atoms with Crippen LogP contribution in [-0.4, -0.2) is 51.2 Å². The Labute approximate surface area is 183 Å². The Kier molecular flexibility index (Phi) is 5.78. The van der Waals surface area contributed by atoms with E-state index in [9.17, 15) is 9.59 Å². The van der Waals surface area contributed by atoms with Gasteiger partial charge >= 0.3 is 6.09 Å². The molecule has 0 saturated heterocycles. The van der Waals surface area contributed by atoms with Crippen LogP contribution in [0.2, 0.25) is 0 Å². The van der Waals surface area contributed by atoms with Crippen LogP contribution < -0.4 is 10.9 Å². The maximum Gasteiger partial charge on any atom is 0.413 e. The average Bonchev–Trinajstić information content (AvgIpc) is 3.35. The molecule has 0 aliphatic carbocycles. The van der Waals surface area contributed by atoms with Gasteiger partial charge in [-0.1, -0.05) is 0 Å². The van der Waals surface area contributed by atoms with Crippen LogP contribution in [0.3, 0.4) is 0 Å². The Bertz CT molecular complexity index is 1330. The van der Waals surface area contributed by atoms with Crippen LogP contribution in [0.5, 0.6) is 0 Å². The lowest BCUT2D eigenvalue weighted by molar-refractivity contribution is 0.167. The lowest BCUT2D eigenvalue weighted by Crippen LogP contribution is -2.14. The molecule has 32 heavy (non-hydrogen) atoms. The number of carbonyl (C=O) groups excluding carboxylic acids is 1. The quantitative estimate of drug-likeness (QED) is 0.476. The summed E-state index contributed by atoms with van der Waals surface area (Å²) in [4.78, 5) is 38.0. The number of oxazole rings is 1. The molecule has 0 saturated carbocycles. The van der Waals surface area contributed by atoms with E-state index in [1.165, 1.54) is 4.57 Å². The standard InChI is InChI=1S/C22H24N6O4/c1-5-31-22(30)26-21-24-17-9-14(13-6-7-28(4)18(29)10-13)8-16(19(17)25-21)20-23-11-15(32-20)12-27(2)3/h6-11H,5,12H2,1-4H3,(H2,24,25,26,30). The third-order valence-corrected chi connectivity index (χ3v) is 4.78. The van der Waals surface area contributed by atoms with E-state index in [1.54, 1.807) is 32.4 Å². The number of pyridine rings is 1. The highest BCUT2D eigenvalue weighted by Gasteiger charge is 2.18. The molecule has 1 aromatic carbocycles. The number of amides is 1. The summed E-state index contributed by atoms with van der Waals surface area (Å²) in [7, 11) is 5.58. The summed E-state index contributed by atoms with van der Waals surface area (Å²) < 4.78 is 12.4. The maximum absolute atomic E-state index is 12.2. The zero-order chi connectivity index (χ0) is 22.8. The molecule has 3 aromatic heterocycles. The van der Waals surface area contributed by atoms with Gasteiger partial charge in [-0.15, -0.1) is 0 Å². The first-order valence-electron chi connectivity index (χ1n) is 10.1. The van der Waals surface area contributed by atoms with E-state index in [4.69, 9.17) is 9.15 Å². The fourth-order valence-electron chi connectivity index (χ4n) is 3.32. The molecule has 4 rings (SSSR count). The highest BCUT2D eigenvalue weighted by Crippen LogP contribution is 2.33. The van der Waals surface area contributed by atoms with Crippen molar-refractivity contribution in [1.82, 2.24) is 24.4 Å². The molecule has 0 radical (unpaired) electrons. The van der Waals surface area contributed by atoms with Crippen molar-refractivity contribution in [3.8, 4) is 22.6 Å². The van der Waals surface area contributed by atoms with E-state index in [-0.39, 0.29) is 18.1 Å². The number of benzene rings is 1. The second-order valence-electron chi connectivity index (χ2n) is 7.58. The summed E-state index contributed by atoms with van der Waals surface area (Å²) in [6, 6.07) is 7.15. The van der Waals surface area contributed by atoms with Crippen molar-refractivity contribution in [2.45, 2.75) is 13.5 Å². The number of hydrogen-bond acceptors (Lipinski definition) is 7. The van der Waals surface area contributed by atoms with Crippen molar-refractivity contribution in [1.29, 1.82) is 0 Å². The summed E-state index contributed by atoms with van der Waals surface area (Å²) in [5.74, 6) is 1.34. The first-order chi connectivity index (χ1) is 15.3. The predicted octanol–water partition coefficient (Wildman–Crippen LogP) is 3.21. The highest BCUT2D eigenvalue weighted by atomic mass is 16.5. The molecule has 0 bridgehead atoms.